The topological polar surface area (TPSA) is 40.6 Å². The molecule has 31 heavy (non-hydrogen) atoms. The van der Waals surface area contributed by atoms with Crippen LogP contribution in [0.4, 0.5) is 16.2 Å². The van der Waals surface area contributed by atoms with Crippen LogP contribution in [0.2, 0.25) is 5.02 Å². The number of hydrogen-bond donors (Lipinski definition) is 0. The smallest absolute Gasteiger partial charge is 0.298 e. The van der Waals surface area contributed by atoms with Gasteiger partial charge < -0.3 is 4.90 Å². The van der Waals surface area contributed by atoms with Crippen molar-refractivity contribution in [1.82, 2.24) is 0 Å². The number of fused-ring (bicyclic) bond motifs is 1. The summed E-state index contributed by atoms with van der Waals surface area (Å²) in [5.74, 6) is -0.323. The number of halogens is 1. The molecule has 0 bridgehead atoms. The largest absolute Gasteiger partial charge is 0.362 e. The lowest BCUT2D eigenvalue weighted by molar-refractivity contribution is -0.113. The van der Waals surface area contributed by atoms with Crippen LogP contribution < -0.4 is 9.80 Å². The fraction of sp³-hybridized carbons (Fsp3) is 0.280. The Balaban J connectivity index is 1.74. The van der Waals surface area contributed by atoms with Gasteiger partial charge in [0.15, 0.2) is 0 Å². The number of nitrogens with zero attached hydrogens (tertiary/aromatic N) is 2. The van der Waals surface area contributed by atoms with Crippen LogP contribution in [0.25, 0.3) is 11.6 Å². The lowest BCUT2D eigenvalue weighted by Crippen LogP contribution is -2.45. The van der Waals surface area contributed by atoms with E-state index in [1.54, 1.807) is 30.3 Å². The van der Waals surface area contributed by atoms with E-state index >= 15 is 0 Å². The summed E-state index contributed by atoms with van der Waals surface area (Å²) in [6, 6.07) is 13.0. The van der Waals surface area contributed by atoms with Gasteiger partial charge in [-0.05, 0) is 80.4 Å². The quantitative estimate of drug-likeness (QED) is 0.468. The normalized spacial score (nSPS) is 19.1. The highest BCUT2D eigenvalue weighted by atomic mass is 35.5. The molecule has 0 radical (unpaired) electrons. The van der Waals surface area contributed by atoms with Crippen LogP contribution in [0.3, 0.4) is 0 Å². The summed E-state index contributed by atoms with van der Waals surface area (Å²) in [6.45, 7) is 9.60. The number of allylic oxidation sites excluding steroid dienone is 1. The van der Waals surface area contributed by atoms with Crippen LogP contribution in [0.15, 0.2) is 53.4 Å². The molecule has 2 aromatic carbocycles. The summed E-state index contributed by atoms with van der Waals surface area (Å²) in [5.41, 5.74) is 4.59. The lowest BCUT2D eigenvalue weighted by Gasteiger charge is -2.43. The number of rotatable bonds is 4. The molecule has 0 saturated carbocycles. The van der Waals surface area contributed by atoms with Crippen molar-refractivity contribution in [3.8, 4) is 0 Å². The Morgan fingerprint density at radius 2 is 1.84 bits per heavy atom. The highest BCUT2D eigenvalue weighted by Gasteiger charge is 2.37. The molecule has 6 heteroatoms. The molecule has 0 spiro atoms. The molecule has 2 heterocycles. The Bertz CT molecular complexity index is 1120. The maximum Gasteiger partial charge on any atom is 0.298 e. The minimum absolute atomic E-state index is 0.101. The number of para-hydroxylation sites is 1. The standard InChI is InChI=1S/C25H25ClN2O2S/c1-5-11-27-21-14-20(26)17(12-19(21)16(2)15-25(27,3)4)13-22-23(29)28(24(30)31-22)18-9-7-6-8-10-18/h6-10,12-15H,5,11H2,1-4H3/b22-13+. The minimum atomic E-state index is -0.323. The molecule has 1 saturated heterocycles. The Hall–Kier alpha value is -2.50. The number of imide groups is 1. The summed E-state index contributed by atoms with van der Waals surface area (Å²) >= 11 is 7.62. The van der Waals surface area contributed by atoms with Crippen molar-refractivity contribution in [1.29, 1.82) is 0 Å². The van der Waals surface area contributed by atoms with Crippen LogP contribution in [0, 0.1) is 0 Å². The van der Waals surface area contributed by atoms with Crippen LogP contribution >= 0.6 is 23.4 Å². The van der Waals surface area contributed by atoms with E-state index in [1.165, 1.54) is 10.5 Å². The predicted molar refractivity (Wildman–Crippen MR) is 132 cm³/mol. The zero-order chi connectivity index (χ0) is 22.3. The Morgan fingerprint density at radius 3 is 2.52 bits per heavy atom. The molecule has 0 unspecified atom stereocenters. The molecule has 4 rings (SSSR count). The number of anilines is 2. The third-order valence-electron chi connectivity index (χ3n) is 5.64. The SMILES string of the molecule is CCCN1c2cc(Cl)c(/C=C3/SC(=O)N(c4ccccc4)C3=O)cc2C(C)=CC1(C)C. The molecule has 0 atom stereocenters. The summed E-state index contributed by atoms with van der Waals surface area (Å²) in [6.07, 6.45) is 5.03. The summed E-state index contributed by atoms with van der Waals surface area (Å²) < 4.78 is 0. The van der Waals surface area contributed by atoms with E-state index in [-0.39, 0.29) is 16.7 Å². The number of carbonyl (C=O) groups is 2. The molecular formula is C25H25ClN2O2S. The zero-order valence-electron chi connectivity index (χ0n) is 18.1. The Kier molecular flexibility index (Phi) is 5.75. The molecule has 2 aliphatic heterocycles. The van der Waals surface area contributed by atoms with Gasteiger partial charge in [0.1, 0.15) is 0 Å². The fourth-order valence-corrected chi connectivity index (χ4v) is 5.31. The van der Waals surface area contributed by atoms with E-state index in [9.17, 15) is 9.59 Å². The van der Waals surface area contributed by atoms with Gasteiger partial charge in [0.25, 0.3) is 11.1 Å². The number of benzene rings is 2. The minimum Gasteiger partial charge on any atom is -0.362 e. The van der Waals surface area contributed by atoms with E-state index in [0.29, 0.717) is 15.6 Å². The van der Waals surface area contributed by atoms with Crippen molar-refractivity contribution in [2.75, 3.05) is 16.3 Å². The molecule has 2 amide bonds. The van der Waals surface area contributed by atoms with Crippen molar-refractivity contribution in [2.45, 2.75) is 39.7 Å². The summed E-state index contributed by atoms with van der Waals surface area (Å²) in [4.78, 5) is 29.4. The Labute approximate surface area is 192 Å². The second-order valence-corrected chi connectivity index (χ2v) is 9.78. The zero-order valence-corrected chi connectivity index (χ0v) is 19.7. The molecule has 2 aliphatic rings. The maximum absolute atomic E-state index is 13.0. The van der Waals surface area contributed by atoms with Gasteiger partial charge >= 0.3 is 0 Å². The van der Waals surface area contributed by atoms with Crippen molar-refractivity contribution in [2.24, 2.45) is 0 Å². The van der Waals surface area contributed by atoms with Crippen LogP contribution in [-0.2, 0) is 4.79 Å². The van der Waals surface area contributed by atoms with Gasteiger partial charge in [-0.2, -0.15) is 0 Å². The van der Waals surface area contributed by atoms with Gasteiger partial charge in [0.05, 0.1) is 16.1 Å². The molecule has 1 fully saturated rings. The lowest BCUT2D eigenvalue weighted by atomic mass is 9.87. The van der Waals surface area contributed by atoms with Crippen molar-refractivity contribution in [3.63, 3.8) is 0 Å². The highest BCUT2D eigenvalue weighted by Crippen LogP contribution is 2.43. The first-order valence-corrected chi connectivity index (χ1v) is 11.6. The van der Waals surface area contributed by atoms with Crippen LogP contribution in [0.5, 0.6) is 0 Å². The highest BCUT2D eigenvalue weighted by molar-refractivity contribution is 8.19. The van der Waals surface area contributed by atoms with E-state index in [2.05, 4.69) is 38.7 Å². The van der Waals surface area contributed by atoms with E-state index in [4.69, 9.17) is 11.6 Å². The maximum atomic E-state index is 13.0. The molecule has 0 N–H and O–H groups in total. The van der Waals surface area contributed by atoms with E-state index in [1.807, 2.05) is 18.2 Å². The third kappa shape index (κ3) is 3.92. The molecule has 4 nitrogen and oxygen atoms in total. The van der Waals surface area contributed by atoms with Gasteiger partial charge in [-0.3, -0.25) is 9.59 Å². The molecule has 0 aromatic heterocycles. The number of amides is 2. The average molecular weight is 453 g/mol. The predicted octanol–water partition coefficient (Wildman–Crippen LogP) is 6.99. The Morgan fingerprint density at radius 1 is 1.13 bits per heavy atom. The van der Waals surface area contributed by atoms with Gasteiger partial charge in [0, 0.05) is 22.8 Å². The third-order valence-corrected chi connectivity index (χ3v) is 6.83. The first-order valence-electron chi connectivity index (χ1n) is 10.4. The summed E-state index contributed by atoms with van der Waals surface area (Å²) in [7, 11) is 0. The molecule has 0 aliphatic carbocycles. The second kappa shape index (κ2) is 8.21. The van der Waals surface area contributed by atoms with Crippen LogP contribution in [0.1, 0.15) is 45.2 Å². The van der Waals surface area contributed by atoms with Crippen molar-refractivity contribution >= 4 is 57.5 Å². The fourth-order valence-electron chi connectivity index (χ4n) is 4.27. The van der Waals surface area contributed by atoms with E-state index in [0.717, 1.165) is 41.5 Å². The number of carbonyl (C=O) groups excluding carboxylic acids is 2. The van der Waals surface area contributed by atoms with Crippen LogP contribution in [-0.4, -0.2) is 23.2 Å². The summed E-state index contributed by atoms with van der Waals surface area (Å²) in [5, 5.41) is 0.264. The first kappa shape index (κ1) is 21.7. The second-order valence-electron chi connectivity index (χ2n) is 8.38. The van der Waals surface area contributed by atoms with Gasteiger partial charge in [-0.1, -0.05) is 42.8 Å². The number of hydrogen-bond acceptors (Lipinski definition) is 4. The average Bonchev–Trinajstić information content (AvgIpc) is 2.99. The molecule has 160 valence electrons. The number of thioether (sulfide) groups is 1. The van der Waals surface area contributed by atoms with Gasteiger partial charge in [-0.25, -0.2) is 4.90 Å². The first-order chi connectivity index (χ1) is 14.7. The molecule has 2 aromatic rings. The van der Waals surface area contributed by atoms with E-state index < -0.39 is 0 Å². The van der Waals surface area contributed by atoms with Gasteiger partial charge in [0.2, 0.25) is 0 Å². The monoisotopic (exact) mass is 452 g/mol. The molecular weight excluding hydrogens is 428 g/mol. The van der Waals surface area contributed by atoms with Crippen molar-refractivity contribution in [3.05, 3.63) is 69.6 Å². The van der Waals surface area contributed by atoms with Gasteiger partial charge in [-0.15, -0.1) is 0 Å². The van der Waals surface area contributed by atoms with Crippen molar-refractivity contribution < 1.29 is 9.59 Å².